The van der Waals surface area contributed by atoms with Gasteiger partial charge in [0.15, 0.2) is 0 Å². The number of urea groups is 1. The van der Waals surface area contributed by atoms with Gasteiger partial charge in [-0.05, 0) is 69.2 Å². The van der Waals surface area contributed by atoms with Crippen molar-refractivity contribution in [1.29, 1.82) is 0 Å². The molecule has 4 heteroatoms. The van der Waals surface area contributed by atoms with Crippen molar-refractivity contribution in [2.75, 3.05) is 18.5 Å². The van der Waals surface area contributed by atoms with Crippen molar-refractivity contribution in [3.8, 4) is 0 Å². The summed E-state index contributed by atoms with van der Waals surface area (Å²) >= 11 is 0. The van der Waals surface area contributed by atoms with Crippen LogP contribution in [0, 0.1) is 6.92 Å². The van der Waals surface area contributed by atoms with Crippen LogP contribution in [0.3, 0.4) is 0 Å². The molecule has 0 unspecified atom stereocenters. The highest BCUT2D eigenvalue weighted by Crippen LogP contribution is 2.49. The molecule has 3 aromatic carbocycles. The molecule has 0 aromatic heterocycles. The molecule has 0 atom stereocenters. The molecule has 4 nitrogen and oxygen atoms in total. The number of anilines is 1. The maximum atomic E-state index is 13.3. The number of aryl methyl sites for hydroxylation is 1. The van der Waals surface area contributed by atoms with Gasteiger partial charge in [-0.1, -0.05) is 78.9 Å². The van der Waals surface area contributed by atoms with E-state index in [1.165, 1.54) is 22.4 Å². The molecule has 1 aliphatic heterocycles. The van der Waals surface area contributed by atoms with E-state index in [-0.39, 0.29) is 22.6 Å². The molecule has 1 saturated carbocycles. The van der Waals surface area contributed by atoms with Gasteiger partial charge in [0.1, 0.15) is 0 Å². The van der Waals surface area contributed by atoms with Gasteiger partial charge < -0.3 is 15.1 Å². The molecule has 1 N–H and O–H groups in total. The predicted octanol–water partition coefficient (Wildman–Crippen LogP) is 6.60. The Kier molecular flexibility index (Phi) is 5.86. The summed E-state index contributed by atoms with van der Waals surface area (Å²) < 4.78 is 0. The SMILES string of the molecule is Cc1ccccc1N(C)C1(c2ccccc2)CCC2(CC1)CN(C(C)(C)c1ccccc1)C(=O)N2. The minimum Gasteiger partial charge on any atom is -0.365 e. The maximum Gasteiger partial charge on any atom is 0.318 e. The van der Waals surface area contributed by atoms with Crippen LogP contribution < -0.4 is 10.2 Å². The third-order valence-corrected chi connectivity index (χ3v) is 8.70. The zero-order chi connectivity index (χ0) is 24.7. The summed E-state index contributed by atoms with van der Waals surface area (Å²) in [5, 5.41) is 3.44. The van der Waals surface area contributed by atoms with Gasteiger partial charge in [-0.2, -0.15) is 0 Å². The van der Waals surface area contributed by atoms with E-state index in [0.717, 1.165) is 32.2 Å². The number of para-hydroxylation sites is 1. The smallest absolute Gasteiger partial charge is 0.318 e. The van der Waals surface area contributed by atoms with E-state index in [0.29, 0.717) is 0 Å². The Hall–Kier alpha value is -3.27. The van der Waals surface area contributed by atoms with E-state index in [1.807, 2.05) is 11.0 Å². The Morgan fingerprint density at radius 2 is 1.40 bits per heavy atom. The van der Waals surface area contributed by atoms with Gasteiger partial charge in [-0.15, -0.1) is 0 Å². The van der Waals surface area contributed by atoms with E-state index in [4.69, 9.17) is 0 Å². The van der Waals surface area contributed by atoms with Crippen LogP contribution in [0.1, 0.15) is 56.2 Å². The second-order valence-corrected chi connectivity index (χ2v) is 11.0. The molecule has 1 spiro atoms. The second-order valence-electron chi connectivity index (χ2n) is 11.0. The minimum absolute atomic E-state index is 0.0540. The van der Waals surface area contributed by atoms with Crippen LogP contribution >= 0.6 is 0 Å². The lowest BCUT2D eigenvalue weighted by Gasteiger charge is -2.51. The first-order valence-electron chi connectivity index (χ1n) is 12.8. The molecular weight excluding hydrogens is 430 g/mol. The van der Waals surface area contributed by atoms with Gasteiger partial charge in [-0.3, -0.25) is 0 Å². The highest BCUT2D eigenvalue weighted by molar-refractivity contribution is 5.79. The lowest BCUT2D eigenvalue weighted by Crippen LogP contribution is -2.55. The van der Waals surface area contributed by atoms with Gasteiger partial charge in [0.05, 0.1) is 16.6 Å². The fourth-order valence-corrected chi connectivity index (χ4v) is 6.32. The van der Waals surface area contributed by atoms with Crippen LogP contribution in [0.4, 0.5) is 10.5 Å². The van der Waals surface area contributed by atoms with Crippen LogP contribution in [-0.4, -0.2) is 30.1 Å². The van der Waals surface area contributed by atoms with Crippen molar-refractivity contribution in [3.63, 3.8) is 0 Å². The molecule has 0 radical (unpaired) electrons. The van der Waals surface area contributed by atoms with Crippen molar-refractivity contribution < 1.29 is 4.79 Å². The Bertz CT molecular complexity index is 1180. The zero-order valence-electron chi connectivity index (χ0n) is 21.4. The summed E-state index contributed by atoms with van der Waals surface area (Å²) in [6.07, 6.45) is 3.87. The Balaban J connectivity index is 1.44. The van der Waals surface area contributed by atoms with Crippen molar-refractivity contribution >= 4 is 11.7 Å². The van der Waals surface area contributed by atoms with E-state index >= 15 is 0 Å². The largest absolute Gasteiger partial charge is 0.365 e. The molecule has 1 saturated heterocycles. The Labute approximate surface area is 210 Å². The number of amides is 2. The van der Waals surface area contributed by atoms with Crippen molar-refractivity contribution in [3.05, 3.63) is 102 Å². The van der Waals surface area contributed by atoms with Crippen LogP contribution in [-0.2, 0) is 11.1 Å². The summed E-state index contributed by atoms with van der Waals surface area (Å²) in [7, 11) is 2.24. The average molecular weight is 468 g/mol. The van der Waals surface area contributed by atoms with Gasteiger partial charge in [-0.25, -0.2) is 4.79 Å². The summed E-state index contributed by atoms with van der Waals surface area (Å²) in [5.41, 5.74) is 4.43. The normalized spacial score (nSPS) is 24.5. The van der Waals surface area contributed by atoms with Gasteiger partial charge >= 0.3 is 6.03 Å². The van der Waals surface area contributed by atoms with Crippen LogP contribution in [0.2, 0.25) is 0 Å². The number of hydrogen-bond donors (Lipinski definition) is 1. The van der Waals surface area contributed by atoms with Crippen molar-refractivity contribution in [2.24, 2.45) is 0 Å². The number of nitrogens with one attached hydrogen (secondary N) is 1. The first-order valence-corrected chi connectivity index (χ1v) is 12.8. The third kappa shape index (κ3) is 3.99. The van der Waals surface area contributed by atoms with Crippen molar-refractivity contribution in [2.45, 2.75) is 63.1 Å². The van der Waals surface area contributed by atoms with Gasteiger partial charge in [0.2, 0.25) is 0 Å². The number of hydrogen-bond acceptors (Lipinski definition) is 2. The lowest BCUT2D eigenvalue weighted by molar-refractivity contribution is 0.134. The second kappa shape index (κ2) is 8.75. The molecule has 2 aliphatic rings. The Morgan fingerprint density at radius 1 is 0.829 bits per heavy atom. The molecule has 2 amide bonds. The third-order valence-electron chi connectivity index (χ3n) is 8.70. The predicted molar refractivity (Wildman–Crippen MR) is 144 cm³/mol. The number of nitrogens with zero attached hydrogens (tertiary/aromatic N) is 2. The van der Waals surface area contributed by atoms with E-state index in [2.05, 4.69) is 117 Å². The number of benzene rings is 3. The summed E-state index contributed by atoms with van der Waals surface area (Å²) in [5.74, 6) is 0. The van der Waals surface area contributed by atoms with E-state index in [9.17, 15) is 4.79 Å². The topological polar surface area (TPSA) is 35.6 Å². The quantitative estimate of drug-likeness (QED) is 0.459. The highest BCUT2D eigenvalue weighted by Gasteiger charge is 2.53. The number of rotatable bonds is 5. The van der Waals surface area contributed by atoms with E-state index < -0.39 is 0 Å². The average Bonchev–Trinajstić information content (AvgIpc) is 3.22. The van der Waals surface area contributed by atoms with Gasteiger partial charge in [0.25, 0.3) is 0 Å². The molecular formula is C31H37N3O. The first kappa shape index (κ1) is 23.5. The molecule has 1 heterocycles. The maximum absolute atomic E-state index is 13.3. The summed E-state index contributed by atoms with van der Waals surface area (Å²) in [6, 6.07) is 30.0. The van der Waals surface area contributed by atoms with E-state index in [1.54, 1.807) is 0 Å². The molecule has 3 aromatic rings. The molecule has 35 heavy (non-hydrogen) atoms. The monoisotopic (exact) mass is 467 g/mol. The summed E-state index contributed by atoms with van der Waals surface area (Å²) in [4.78, 5) is 17.8. The van der Waals surface area contributed by atoms with Crippen LogP contribution in [0.15, 0.2) is 84.9 Å². The zero-order valence-corrected chi connectivity index (χ0v) is 21.4. The number of carbonyl (C=O) groups excluding carboxylic acids is 1. The van der Waals surface area contributed by atoms with Crippen molar-refractivity contribution in [1.82, 2.24) is 10.2 Å². The molecule has 2 fully saturated rings. The van der Waals surface area contributed by atoms with Gasteiger partial charge in [0, 0.05) is 19.3 Å². The molecule has 0 bridgehead atoms. The minimum atomic E-state index is -0.360. The first-order chi connectivity index (χ1) is 16.8. The fourth-order valence-electron chi connectivity index (χ4n) is 6.32. The lowest BCUT2D eigenvalue weighted by atomic mass is 9.68. The van der Waals surface area contributed by atoms with Crippen LogP contribution in [0.25, 0.3) is 0 Å². The fraction of sp³-hybridized carbons (Fsp3) is 0.387. The Morgan fingerprint density at radius 3 is 2.03 bits per heavy atom. The van der Waals surface area contributed by atoms with Crippen LogP contribution in [0.5, 0.6) is 0 Å². The number of carbonyl (C=O) groups is 1. The molecule has 5 rings (SSSR count). The highest BCUT2D eigenvalue weighted by atomic mass is 16.2. The molecule has 182 valence electrons. The standard InChI is InChI=1S/C31H37N3O/c1-24-13-11-12-18-27(24)33(4)31(26-16-9-6-10-17-26)21-19-30(20-22-31)23-34(28(35)32-30)29(2,3)25-14-7-5-8-15-25/h5-18H,19-23H2,1-4H3,(H,32,35). The molecule has 1 aliphatic carbocycles. The summed E-state index contributed by atoms with van der Waals surface area (Å²) in [6.45, 7) is 7.25.